The average molecular weight is 452 g/mol. The summed E-state index contributed by atoms with van der Waals surface area (Å²) in [5.41, 5.74) is 2.05. The van der Waals surface area contributed by atoms with Crippen molar-refractivity contribution in [1.82, 2.24) is 15.2 Å². The molecular formula is C18H15Cl2N5O3S. The SMILES string of the molecule is O=C(Nc1cc(Cl)cc(-c2ccn[nH]2)c1)c1cc(N2CCCS2(=O)=O)ncc1Cl. The first kappa shape index (κ1) is 19.7. The van der Waals surface area contributed by atoms with Crippen LogP contribution in [0.25, 0.3) is 11.3 Å². The molecule has 0 atom stereocenters. The van der Waals surface area contributed by atoms with Gasteiger partial charge in [0.25, 0.3) is 5.91 Å². The second-order valence-electron chi connectivity index (χ2n) is 6.42. The summed E-state index contributed by atoms with van der Waals surface area (Å²) in [4.78, 5) is 16.9. The number of halogens is 2. The minimum absolute atomic E-state index is 0.0533. The molecule has 1 aliphatic rings. The highest BCUT2D eigenvalue weighted by atomic mass is 35.5. The fourth-order valence-electron chi connectivity index (χ4n) is 3.07. The zero-order chi connectivity index (χ0) is 20.6. The van der Waals surface area contributed by atoms with E-state index in [-0.39, 0.29) is 22.2 Å². The molecule has 0 spiro atoms. The molecule has 3 aromatic rings. The van der Waals surface area contributed by atoms with Crippen molar-refractivity contribution < 1.29 is 13.2 Å². The largest absolute Gasteiger partial charge is 0.322 e. The predicted octanol–water partition coefficient (Wildman–Crippen LogP) is 3.57. The van der Waals surface area contributed by atoms with Gasteiger partial charge in [-0.1, -0.05) is 23.2 Å². The molecule has 1 aliphatic heterocycles. The summed E-state index contributed by atoms with van der Waals surface area (Å²) < 4.78 is 25.5. The number of aromatic nitrogens is 3. The topological polar surface area (TPSA) is 108 Å². The molecule has 2 N–H and O–H groups in total. The third kappa shape index (κ3) is 4.07. The maximum Gasteiger partial charge on any atom is 0.257 e. The molecule has 1 fully saturated rings. The molecule has 0 aliphatic carbocycles. The maximum absolute atomic E-state index is 12.8. The monoisotopic (exact) mass is 451 g/mol. The second-order valence-corrected chi connectivity index (χ2v) is 9.27. The molecule has 0 radical (unpaired) electrons. The van der Waals surface area contributed by atoms with Crippen molar-refractivity contribution in [1.29, 1.82) is 0 Å². The quantitative estimate of drug-likeness (QED) is 0.629. The molecule has 150 valence electrons. The first-order valence-electron chi connectivity index (χ1n) is 8.61. The Morgan fingerprint density at radius 3 is 2.72 bits per heavy atom. The van der Waals surface area contributed by atoms with E-state index in [1.165, 1.54) is 16.6 Å². The van der Waals surface area contributed by atoms with Crippen LogP contribution in [0.4, 0.5) is 11.5 Å². The first-order valence-corrected chi connectivity index (χ1v) is 11.0. The Balaban J connectivity index is 1.63. The maximum atomic E-state index is 12.8. The molecule has 4 rings (SSSR count). The number of pyridine rings is 1. The molecule has 29 heavy (non-hydrogen) atoms. The van der Waals surface area contributed by atoms with Crippen LogP contribution in [0.2, 0.25) is 10.0 Å². The summed E-state index contributed by atoms with van der Waals surface area (Å²) in [7, 11) is -3.42. The Kier molecular flexibility index (Phi) is 5.20. The fraction of sp³-hybridized carbons (Fsp3) is 0.167. The molecular weight excluding hydrogens is 437 g/mol. The van der Waals surface area contributed by atoms with Crippen LogP contribution in [-0.2, 0) is 10.0 Å². The van der Waals surface area contributed by atoms with Gasteiger partial charge in [0.2, 0.25) is 10.0 Å². The van der Waals surface area contributed by atoms with Crippen LogP contribution in [-0.4, -0.2) is 41.8 Å². The van der Waals surface area contributed by atoms with Gasteiger partial charge in [-0.05, 0) is 36.8 Å². The van der Waals surface area contributed by atoms with E-state index in [1.807, 2.05) is 0 Å². The number of carbonyl (C=O) groups excluding carboxylic acids is 1. The Bertz CT molecular complexity index is 1180. The van der Waals surface area contributed by atoms with Crippen molar-refractivity contribution in [3.8, 4) is 11.3 Å². The molecule has 2 aromatic heterocycles. The number of aromatic amines is 1. The smallest absolute Gasteiger partial charge is 0.257 e. The lowest BCUT2D eigenvalue weighted by Crippen LogP contribution is -2.26. The number of anilines is 2. The van der Waals surface area contributed by atoms with Crippen LogP contribution in [0.15, 0.2) is 42.7 Å². The third-order valence-corrected chi connectivity index (χ3v) is 6.77. The molecule has 0 unspecified atom stereocenters. The van der Waals surface area contributed by atoms with Crippen molar-refractivity contribution >= 4 is 50.6 Å². The van der Waals surface area contributed by atoms with Gasteiger partial charge in [0.15, 0.2) is 0 Å². The number of benzene rings is 1. The third-order valence-electron chi connectivity index (χ3n) is 4.41. The van der Waals surface area contributed by atoms with Crippen LogP contribution in [0.1, 0.15) is 16.8 Å². The van der Waals surface area contributed by atoms with Gasteiger partial charge < -0.3 is 5.32 Å². The molecule has 11 heteroatoms. The van der Waals surface area contributed by atoms with Gasteiger partial charge in [-0.2, -0.15) is 5.10 Å². The minimum atomic E-state index is -3.42. The van der Waals surface area contributed by atoms with E-state index in [0.717, 1.165) is 11.3 Å². The van der Waals surface area contributed by atoms with Crippen LogP contribution in [0, 0.1) is 0 Å². The van der Waals surface area contributed by atoms with Crippen molar-refractivity contribution in [2.75, 3.05) is 21.9 Å². The van der Waals surface area contributed by atoms with Gasteiger partial charge in [-0.25, -0.2) is 13.4 Å². The van der Waals surface area contributed by atoms with Crippen molar-refractivity contribution in [2.45, 2.75) is 6.42 Å². The molecule has 3 heterocycles. The normalized spacial score (nSPS) is 15.4. The van der Waals surface area contributed by atoms with Crippen molar-refractivity contribution in [3.05, 3.63) is 58.3 Å². The van der Waals surface area contributed by atoms with E-state index in [2.05, 4.69) is 20.5 Å². The van der Waals surface area contributed by atoms with Crippen LogP contribution in [0.3, 0.4) is 0 Å². The van der Waals surface area contributed by atoms with Crippen LogP contribution in [0.5, 0.6) is 0 Å². The van der Waals surface area contributed by atoms with Gasteiger partial charge in [-0.3, -0.25) is 14.2 Å². The Morgan fingerprint density at radius 2 is 2.03 bits per heavy atom. The average Bonchev–Trinajstić information content (AvgIpc) is 3.31. The number of nitrogens with zero attached hydrogens (tertiary/aromatic N) is 3. The van der Waals surface area contributed by atoms with Gasteiger partial charge >= 0.3 is 0 Å². The Morgan fingerprint density at radius 1 is 1.21 bits per heavy atom. The second kappa shape index (κ2) is 7.66. The lowest BCUT2D eigenvalue weighted by molar-refractivity contribution is 0.102. The number of sulfonamides is 1. The standard InChI is InChI=1S/C18H15Cl2N5O3S/c19-12-6-11(16-2-3-22-24-16)7-13(8-12)23-18(26)14-9-17(21-10-15(14)20)25-4-1-5-29(25,27)28/h2-3,6-10H,1,4-5H2,(H,22,24)(H,23,26). The van der Waals surface area contributed by atoms with Crippen LogP contribution < -0.4 is 9.62 Å². The molecule has 1 aromatic carbocycles. The molecule has 1 saturated heterocycles. The molecule has 0 saturated carbocycles. The van der Waals surface area contributed by atoms with E-state index in [1.54, 1.807) is 30.5 Å². The number of rotatable bonds is 4. The highest BCUT2D eigenvalue weighted by molar-refractivity contribution is 7.93. The van der Waals surface area contributed by atoms with Crippen molar-refractivity contribution in [3.63, 3.8) is 0 Å². The summed E-state index contributed by atoms with van der Waals surface area (Å²) in [6, 6.07) is 8.22. The summed E-state index contributed by atoms with van der Waals surface area (Å²) in [6.07, 6.45) is 3.39. The summed E-state index contributed by atoms with van der Waals surface area (Å²) in [5, 5.41) is 10.0. The number of amides is 1. The van der Waals surface area contributed by atoms with E-state index in [4.69, 9.17) is 23.2 Å². The van der Waals surface area contributed by atoms with Gasteiger partial charge in [0.1, 0.15) is 5.82 Å². The van der Waals surface area contributed by atoms with Crippen LogP contribution >= 0.6 is 23.2 Å². The number of nitrogens with one attached hydrogen (secondary N) is 2. The van der Waals surface area contributed by atoms with Gasteiger partial charge in [-0.15, -0.1) is 0 Å². The number of hydrogen-bond donors (Lipinski definition) is 2. The minimum Gasteiger partial charge on any atom is -0.322 e. The summed E-state index contributed by atoms with van der Waals surface area (Å²) in [6.45, 7) is 0.319. The molecule has 8 nitrogen and oxygen atoms in total. The first-order chi connectivity index (χ1) is 13.8. The summed E-state index contributed by atoms with van der Waals surface area (Å²) in [5.74, 6) is -0.285. The highest BCUT2D eigenvalue weighted by Gasteiger charge is 2.30. The van der Waals surface area contributed by atoms with Gasteiger partial charge in [0, 0.05) is 35.2 Å². The van der Waals surface area contributed by atoms with E-state index in [9.17, 15) is 13.2 Å². The fourth-order valence-corrected chi connectivity index (χ4v) is 5.00. The Hall–Kier alpha value is -2.62. The molecule has 0 bridgehead atoms. The van der Waals surface area contributed by atoms with E-state index in [0.29, 0.717) is 23.7 Å². The van der Waals surface area contributed by atoms with E-state index < -0.39 is 15.9 Å². The lowest BCUT2D eigenvalue weighted by atomic mass is 10.1. The number of H-pyrrole nitrogens is 1. The zero-order valence-corrected chi connectivity index (χ0v) is 17.2. The molecule has 1 amide bonds. The Labute approximate surface area is 176 Å². The van der Waals surface area contributed by atoms with E-state index >= 15 is 0 Å². The zero-order valence-electron chi connectivity index (χ0n) is 14.9. The van der Waals surface area contributed by atoms with Crippen molar-refractivity contribution in [2.24, 2.45) is 0 Å². The number of carbonyl (C=O) groups is 1. The predicted molar refractivity (Wildman–Crippen MR) is 112 cm³/mol. The highest BCUT2D eigenvalue weighted by Crippen LogP contribution is 2.29. The lowest BCUT2D eigenvalue weighted by Gasteiger charge is -2.17. The van der Waals surface area contributed by atoms with Gasteiger partial charge in [0.05, 0.1) is 22.0 Å². The number of hydrogen-bond acceptors (Lipinski definition) is 5. The summed E-state index contributed by atoms with van der Waals surface area (Å²) >= 11 is 12.3.